The number of esters is 1. The molecule has 1 aliphatic heterocycles. The number of hydrogen-bond donors (Lipinski definition) is 1. The monoisotopic (exact) mass is 398 g/mol. The van der Waals surface area contributed by atoms with Gasteiger partial charge in [0.2, 0.25) is 5.91 Å². The van der Waals surface area contributed by atoms with Gasteiger partial charge in [0, 0.05) is 17.4 Å². The van der Waals surface area contributed by atoms with Crippen molar-refractivity contribution in [2.75, 3.05) is 16.8 Å². The Labute approximate surface area is 168 Å². The van der Waals surface area contributed by atoms with E-state index < -0.39 is 11.2 Å². The number of amides is 2. The second kappa shape index (κ2) is 8.93. The topological polar surface area (TPSA) is 75.7 Å². The Bertz CT molecular complexity index is 872. The predicted molar refractivity (Wildman–Crippen MR) is 109 cm³/mol. The molecule has 1 N–H and O–H groups in total. The molecule has 0 bridgehead atoms. The Morgan fingerprint density at radius 2 is 1.86 bits per heavy atom. The molecule has 7 heteroatoms. The van der Waals surface area contributed by atoms with Crippen LogP contribution in [0.25, 0.3) is 0 Å². The van der Waals surface area contributed by atoms with Crippen LogP contribution in [-0.2, 0) is 19.1 Å². The third kappa shape index (κ3) is 4.72. The largest absolute Gasteiger partial charge is 0.455 e. The van der Waals surface area contributed by atoms with Crippen molar-refractivity contribution < 1.29 is 19.1 Å². The van der Waals surface area contributed by atoms with E-state index in [2.05, 4.69) is 5.32 Å². The maximum Gasteiger partial charge on any atom is 0.319 e. The number of nitrogens with one attached hydrogen (secondary N) is 1. The zero-order valence-electron chi connectivity index (χ0n) is 15.8. The van der Waals surface area contributed by atoms with Crippen molar-refractivity contribution in [1.82, 2.24) is 0 Å². The van der Waals surface area contributed by atoms with Crippen LogP contribution in [0.3, 0.4) is 0 Å². The van der Waals surface area contributed by atoms with Crippen LogP contribution in [0, 0.1) is 0 Å². The normalized spacial score (nSPS) is 17.1. The summed E-state index contributed by atoms with van der Waals surface area (Å²) in [7, 11) is 0. The highest BCUT2D eigenvalue weighted by atomic mass is 32.2. The number of anilines is 2. The average molecular weight is 398 g/mol. The van der Waals surface area contributed by atoms with Crippen LogP contribution in [0.5, 0.6) is 0 Å². The van der Waals surface area contributed by atoms with Crippen LogP contribution in [0.2, 0.25) is 0 Å². The Hall–Kier alpha value is -2.80. The van der Waals surface area contributed by atoms with E-state index in [-0.39, 0.29) is 30.9 Å². The number of rotatable bonds is 5. The van der Waals surface area contributed by atoms with Crippen molar-refractivity contribution in [2.24, 2.45) is 0 Å². The van der Waals surface area contributed by atoms with Gasteiger partial charge in [0.05, 0.1) is 11.4 Å². The third-order valence-electron chi connectivity index (χ3n) is 4.35. The maximum atomic E-state index is 12.8. The number of para-hydroxylation sites is 2. The molecule has 1 heterocycles. The zero-order chi connectivity index (χ0) is 20.1. The summed E-state index contributed by atoms with van der Waals surface area (Å²) in [6.07, 6.45) is 0.175. The maximum absolute atomic E-state index is 12.8. The fourth-order valence-corrected chi connectivity index (χ4v) is 3.93. The lowest BCUT2D eigenvalue weighted by Gasteiger charge is -2.27. The van der Waals surface area contributed by atoms with Crippen molar-refractivity contribution in [3.05, 3.63) is 54.6 Å². The summed E-state index contributed by atoms with van der Waals surface area (Å²) in [5.41, 5.74) is 1.18. The van der Waals surface area contributed by atoms with E-state index in [1.807, 2.05) is 30.3 Å². The van der Waals surface area contributed by atoms with Gasteiger partial charge in [-0.05, 0) is 38.1 Å². The Balaban J connectivity index is 1.65. The van der Waals surface area contributed by atoms with Crippen molar-refractivity contribution in [2.45, 2.75) is 36.5 Å². The minimum Gasteiger partial charge on any atom is -0.455 e. The van der Waals surface area contributed by atoms with Gasteiger partial charge in [-0.15, -0.1) is 11.8 Å². The van der Waals surface area contributed by atoms with E-state index in [0.717, 1.165) is 4.90 Å². The molecule has 0 spiro atoms. The van der Waals surface area contributed by atoms with E-state index >= 15 is 0 Å². The molecule has 2 atom stereocenters. The molecular formula is C21H22N2O4S. The van der Waals surface area contributed by atoms with Gasteiger partial charge < -0.3 is 15.0 Å². The second-order valence-corrected chi connectivity index (χ2v) is 7.98. The highest BCUT2D eigenvalue weighted by Gasteiger charge is 2.30. The van der Waals surface area contributed by atoms with E-state index in [0.29, 0.717) is 11.4 Å². The van der Waals surface area contributed by atoms with Crippen LogP contribution >= 0.6 is 11.8 Å². The first-order chi connectivity index (χ1) is 13.5. The number of benzene rings is 2. The SMILES string of the molecule is C[C@@H](Sc1ccccc1)C(=O)OCC(=O)N1c2ccccc2NC(=O)C[C@@H]1C. The van der Waals surface area contributed by atoms with E-state index in [4.69, 9.17) is 4.74 Å². The number of carbonyl (C=O) groups excluding carboxylic acids is 3. The number of nitrogens with zero attached hydrogens (tertiary/aromatic N) is 1. The fraction of sp³-hybridized carbons (Fsp3) is 0.286. The van der Waals surface area contributed by atoms with Crippen molar-refractivity contribution in [3.63, 3.8) is 0 Å². The van der Waals surface area contributed by atoms with Gasteiger partial charge in [0.25, 0.3) is 5.91 Å². The quantitative estimate of drug-likeness (QED) is 0.616. The lowest BCUT2D eigenvalue weighted by Crippen LogP contribution is -2.42. The van der Waals surface area contributed by atoms with Gasteiger partial charge in [-0.2, -0.15) is 0 Å². The Kier molecular flexibility index (Phi) is 6.36. The van der Waals surface area contributed by atoms with E-state index in [1.54, 1.807) is 38.1 Å². The summed E-state index contributed by atoms with van der Waals surface area (Å²) in [4.78, 5) is 39.6. The molecule has 2 amide bonds. The first kappa shape index (κ1) is 19.9. The van der Waals surface area contributed by atoms with Gasteiger partial charge in [0.1, 0.15) is 5.25 Å². The summed E-state index contributed by atoms with van der Waals surface area (Å²) in [5, 5.41) is 2.37. The first-order valence-electron chi connectivity index (χ1n) is 9.05. The number of fused-ring (bicyclic) bond motifs is 1. The number of carbonyl (C=O) groups is 3. The van der Waals surface area contributed by atoms with Crippen LogP contribution in [0.4, 0.5) is 11.4 Å². The molecule has 0 radical (unpaired) electrons. The number of hydrogen-bond acceptors (Lipinski definition) is 5. The van der Waals surface area contributed by atoms with Crippen LogP contribution in [-0.4, -0.2) is 35.7 Å². The Morgan fingerprint density at radius 1 is 1.18 bits per heavy atom. The predicted octanol–water partition coefficient (Wildman–Crippen LogP) is 3.47. The highest BCUT2D eigenvalue weighted by Crippen LogP contribution is 2.31. The van der Waals surface area contributed by atoms with Crippen molar-refractivity contribution in [3.8, 4) is 0 Å². The lowest BCUT2D eigenvalue weighted by molar-refractivity contribution is -0.147. The van der Waals surface area contributed by atoms with Crippen LogP contribution in [0.15, 0.2) is 59.5 Å². The Morgan fingerprint density at radius 3 is 2.61 bits per heavy atom. The summed E-state index contributed by atoms with van der Waals surface area (Å²) in [5.74, 6) is -0.964. The molecular weight excluding hydrogens is 376 g/mol. The molecule has 0 saturated heterocycles. The molecule has 146 valence electrons. The first-order valence-corrected chi connectivity index (χ1v) is 9.93. The fourth-order valence-electron chi connectivity index (χ4n) is 3.04. The van der Waals surface area contributed by atoms with Crippen molar-refractivity contribution >= 4 is 40.9 Å². The number of ether oxygens (including phenoxy) is 1. The molecule has 0 fully saturated rings. The molecule has 0 unspecified atom stereocenters. The van der Waals surface area contributed by atoms with Gasteiger partial charge in [-0.25, -0.2) is 0 Å². The molecule has 0 aliphatic carbocycles. The summed E-state index contributed by atoms with van der Waals surface area (Å²) in [6, 6.07) is 16.3. The second-order valence-electron chi connectivity index (χ2n) is 6.56. The number of thioether (sulfide) groups is 1. The summed E-state index contributed by atoms with van der Waals surface area (Å²) >= 11 is 1.38. The van der Waals surface area contributed by atoms with Gasteiger partial charge >= 0.3 is 5.97 Å². The van der Waals surface area contributed by atoms with Gasteiger partial charge in [-0.3, -0.25) is 14.4 Å². The average Bonchev–Trinajstić information content (AvgIpc) is 2.80. The van der Waals surface area contributed by atoms with E-state index in [1.165, 1.54) is 16.7 Å². The molecule has 3 rings (SSSR count). The minimum atomic E-state index is -0.452. The zero-order valence-corrected chi connectivity index (χ0v) is 16.6. The lowest BCUT2D eigenvalue weighted by atomic mass is 10.1. The molecule has 0 aromatic heterocycles. The molecule has 1 aliphatic rings. The standard InChI is InChI=1S/C21H22N2O4S/c1-14-12-19(24)22-17-10-6-7-11-18(17)23(14)20(25)13-27-21(26)15(2)28-16-8-4-3-5-9-16/h3-11,14-15H,12-13H2,1-2H3,(H,22,24)/t14-,15+/m0/s1. The molecule has 0 saturated carbocycles. The van der Waals surface area contributed by atoms with Crippen LogP contribution in [0.1, 0.15) is 20.3 Å². The van der Waals surface area contributed by atoms with E-state index in [9.17, 15) is 14.4 Å². The summed E-state index contributed by atoms with van der Waals surface area (Å²) in [6.45, 7) is 3.18. The van der Waals surface area contributed by atoms with Crippen molar-refractivity contribution in [1.29, 1.82) is 0 Å². The minimum absolute atomic E-state index is 0.153. The molecule has 28 heavy (non-hydrogen) atoms. The molecule has 2 aromatic rings. The third-order valence-corrected chi connectivity index (χ3v) is 5.44. The molecule has 6 nitrogen and oxygen atoms in total. The smallest absolute Gasteiger partial charge is 0.319 e. The molecule has 2 aromatic carbocycles. The summed E-state index contributed by atoms with van der Waals surface area (Å²) < 4.78 is 5.27. The van der Waals surface area contributed by atoms with Gasteiger partial charge in [0.15, 0.2) is 6.61 Å². The van der Waals surface area contributed by atoms with Crippen LogP contribution < -0.4 is 10.2 Å². The highest BCUT2D eigenvalue weighted by molar-refractivity contribution is 8.00. The van der Waals surface area contributed by atoms with Gasteiger partial charge in [-0.1, -0.05) is 30.3 Å².